The summed E-state index contributed by atoms with van der Waals surface area (Å²) in [6.07, 6.45) is 4.47. The molecule has 2 rings (SSSR count). The van der Waals surface area contributed by atoms with Crippen LogP contribution in [0.15, 0.2) is 12.3 Å². The molecule has 0 bridgehead atoms. The second kappa shape index (κ2) is 3.76. The highest BCUT2D eigenvalue weighted by molar-refractivity contribution is 5.36. The standard InChI is InChI=1S/C11H14F2N2/c1-2-11(3-4-11)7-15-10-9(13)5-8(12)6-14-10/h5-6H,2-4,7H2,1H3,(H,14,15). The van der Waals surface area contributed by atoms with Crippen molar-refractivity contribution in [1.82, 2.24) is 4.98 Å². The van der Waals surface area contributed by atoms with Gasteiger partial charge in [-0.1, -0.05) is 6.92 Å². The zero-order valence-electron chi connectivity index (χ0n) is 8.69. The molecule has 82 valence electrons. The highest BCUT2D eigenvalue weighted by Gasteiger charge is 2.40. The fourth-order valence-electron chi connectivity index (χ4n) is 1.65. The summed E-state index contributed by atoms with van der Waals surface area (Å²) >= 11 is 0. The Morgan fingerprint density at radius 2 is 2.20 bits per heavy atom. The summed E-state index contributed by atoms with van der Waals surface area (Å²) in [6, 6.07) is 0.848. The van der Waals surface area contributed by atoms with Gasteiger partial charge in [-0.15, -0.1) is 0 Å². The summed E-state index contributed by atoms with van der Waals surface area (Å²) < 4.78 is 25.8. The van der Waals surface area contributed by atoms with Crippen molar-refractivity contribution in [3.8, 4) is 0 Å². The Bertz CT molecular complexity index is 362. The van der Waals surface area contributed by atoms with E-state index in [0.717, 1.165) is 25.2 Å². The lowest BCUT2D eigenvalue weighted by Crippen LogP contribution is -2.16. The molecule has 1 aromatic rings. The number of rotatable bonds is 4. The SMILES string of the molecule is CCC1(CNc2ncc(F)cc2F)CC1. The monoisotopic (exact) mass is 212 g/mol. The molecule has 2 nitrogen and oxygen atoms in total. The number of aromatic nitrogens is 1. The number of hydrogen-bond donors (Lipinski definition) is 1. The molecule has 0 saturated heterocycles. The first-order valence-electron chi connectivity index (χ1n) is 5.20. The zero-order chi connectivity index (χ0) is 10.9. The Morgan fingerprint density at radius 3 is 2.73 bits per heavy atom. The Balaban J connectivity index is 1.99. The third-order valence-corrected chi connectivity index (χ3v) is 3.15. The molecule has 1 aromatic heterocycles. The summed E-state index contributed by atoms with van der Waals surface area (Å²) in [5, 5.41) is 2.94. The fourth-order valence-corrected chi connectivity index (χ4v) is 1.65. The van der Waals surface area contributed by atoms with Gasteiger partial charge in [-0.25, -0.2) is 13.8 Å². The van der Waals surface area contributed by atoms with Crippen molar-refractivity contribution in [2.75, 3.05) is 11.9 Å². The van der Waals surface area contributed by atoms with Gasteiger partial charge < -0.3 is 5.32 Å². The predicted octanol–water partition coefficient (Wildman–Crippen LogP) is 2.96. The first-order valence-corrected chi connectivity index (χ1v) is 5.20. The van der Waals surface area contributed by atoms with Crippen LogP contribution in [-0.4, -0.2) is 11.5 Å². The number of halogens is 2. The normalized spacial score (nSPS) is 17.5. The van der Waals surface area contributed by atoms with Crippen LogP contribution in [0.5, 0.6) is 0 Å². The Morgan fingerprint density at radius 1 is 1.47 bits per heavy atom. The van der Waals surface area contributed by atoms with Crippen LogP contribution in [0, 0.1) is 17.0 Å². The molecule has 0 aromatic carbocycles. The van der Waals surface area contributed by atoms with Crippen molar-refractivity contribution in [3.63, 3.8) is 0 Å². The molecule has 0 unspecified atom stereocenters. The van der Waals surface area contributed by atoms with Crippen LogP contribution in [0.3, 0.4) is 0 Å². The van der Waals surface area contributed by atoms with Crippen LogP contribution in [-0.2, 0) is 0 Å². The summed E-state index contributed by atoms with van der Waals surface area (Å²) in [5.74, 6) is -1.12. The topological polar surface area (TPSA) is 24.9 Å². The van der Waals surface area contributed by atoms with Crippen molar-refractivity contribution in [1.29, 1.82) is 0 Å². The highest BCUT2D eigenvalue weighted by Crippen LogP contribution is 2.48. The molecular weight excluding hydrogens is 198 g/mol. The molecule has 4 heteroatoms. The smallest absolute Gasteiger partial charge is 0.168 e. The van der Waals surface area contributed by atoms with E-state index in [4.69, 9.17) is 0 Å². The van der Waals surface area contributed by atoms with Crippen LogP contribution >= 0.6 is 0 Å². The molecule has 0 amide bonds. The Kier molecular flexibility index (Phi) is 2.59. The quantitative estimate of drug-likeness (QED) is 0.830. The van der Waals surface area contributed by atoms with Crippen LogP contribution in [0.1, 0.15) is 26.2 Å². The minimum atomic E-state index is -0.644. The molecule has 1 N–H and O–H groups in total. The van der Waals surface area contributed by atoms with Gasteiger partial charge in [0.05, 0.1) is 6.20 Å². The predicted molar refractivity (Wildman–Crippen MR) is 54.6 cm³/mol. The van der Waals surface area contributed by atoms with Crippen LogP contribution in [0.4, 0.5) is 14.6 Å². The van der Waals surface area contributed by atoms with E-state index in [1.807, 2.05) is 0 Å². The minimum absolute atomic E-state index is 0.149. The third kappa shape index (κ3) is 2.25. The number of nitrogens with zero attached hydrogens (tertiary/aromatic N) is 1. The van der Waals surface area contributed by atoms with Crippen LogP contribution in [0.2, 0.25) is 0 Å². The molecule has 1 aliphatic rings. The molecule has 0 spiro atoms. The van der Waals surface area contributed by atoms with E-state index in [1.54, 1.807) is 0 Å². The van der Waals surface area contributed by atoms with Gasteiger partial charge in [-0.05, 0) is 24.7 Å². The molecule has 0 atom stereocenters. The van der Waals surface area contributed by atoms with E-state index in [0.29, 0.717) is 5.41 Å². The second-order valence-corrected chi connectivity index (χ2v) is 4.19. The van der Waals surface area contributed by atoms with Crippen molar-refractivity contribution in [3.05, 3.63) is 23.9 Å². The number of nitrogens with one attached hydrogen (secondary N) is 1. The molecular formula is C11H14F2N2. The van der Waals surface area contributed by atoms with Gasteiger partial charge in [0.1, 0.15) is 5.82 Å². The van der Waals surface area contributed by atoms with Crippen molar-refractivity contribution >= 4 is 5.82 Å². The molecule has 0 aliphatic heterocycles. The summed E-state index contributed by atoms with van der Waals surface area (Å²) in [5.41, 5.74) is 0.322. The minimum Gasteiger partial charge on any atom is -0.367 e. The summed E-state index contributed by atoms with van der Waals surface area (Å²) in [6.45, 7) is 2.85. The van der Waals surface area contributed by atoms with E-state index in [1.165, 1.54) is 12.8 Å². The number of pyridine rings is 1. The lowest BCUT2D eigenvalue weighted by atomic mass is 10.0. The van der Waals surface area contributed by atoms with Crippen LogP contribution < -0.4 is 5.32 Å². The fraction of sp³-hybridized carbons (Fsp3) is 0.545. The molecule has 1 heterocycles. The van der Waals surface area contributed by atoms with Gasteiger partial charge in [0.2, 0.25) is 0 Å². The number of anilines is 1. The molecule has 1 aliphatic carbocycles. The number of hydrogen-bond acceptors (Lipinski definition) is 2. The zero-order valence-corrected chi connectivity index (χ0v) is 8.69. The molecule has 1 saturated carbocycles. The first-order chi connectivity index (χ1) is 7.15. The molecule has 15 heavy (non-hydrogen) atoms. The van der Waals surface area contributed by atoms with Gasteiger partial charge in [-0.3, -0.25) is 0 Å². The maximum absolute atomic E-state index is 13.2. The largest absolute Gasteiger partial charge is 0.367 e. The summed E-state index contributed by atoms with van der Waals surface area (Å²) in [7, 11) is 0. The van der Waals surface area contributed by atoms with E-state index < -0.39 is 11.6 Å². The lowest BCUT2D eigenvalue weighted by Gasteiger charge is -2.13. The van der Waals surface area contributed by atoms with E-state index in [2.05, 4.69) is 17.2 Å². The van der Waals surface area contributed by atoms with Gasteiger partial charge in [0.15, 0.2) is 11.6 Å². The highest BCUT2D eigenvalue weighted by atomic mass is 19.1. The van der Waals surface area contributed by atoms with Gasteiger partial charge in [0.25, 0.3) is 0 Å². The average Bonchev–Trinajstić information content (AvgIpc) is 2.97. The average molecular weight is 212 g/mol. The second-order valence-electron chi connectivity index (χ2n) is 4.19. The van der Waals surface area contributed by atoms with Gasteiger partial charge in [0, 0.05) is 12.6 Å². The molecule has 1 fully saturated rings. The molecule has 0 radical (unpaired) electrons. The lowest BCUT2D eigenvalue weighted by molar-refractivity contribution is 0.516. The Hall–Kier alpha value is -1.19. The van der Waals surface area contributed by atoms with Gasteiger partial charge in [-0.2, -0.15) is 0 Å². The van der Waals surface area contributed by atoms with E-state index in [9.17, 15) is 8.78 Å². The van der Waals surface area contributed by atoms with Crippen molar-refractivity contribution in [2.24, 2.45) is 5.41 Å². The maximum atomic E-state index is 13.2. The maximum Gasteiger partial charge on any atom is 0.168 e. The first kappa shape index (κ1) is 10.3. The van der Waals surface area contributed by atoms with E-state index in [-0.39, 0.29) is 5.82 Å². The third-order valence-electron chi connectivity index (χ3n) is 3.15. The van der Waals surface area contributed by atoms with Crippen molar-refractivity contribution in [2.45, 2.75) is 26.2 Å². The summed E-state index contributed by atoms with van der Waals surface area (Å²) in [4.78, 5) is 3.68. The van der Waals surface area contributed by atoms with Crippen LogP contribution in [0.25, 0.3) is 0 Å². The van der Waals surface area contributed by atoms with E-state index >= 15 is 0 Å². The Labute approximate surface area is 87.7 Å². The van der Waals surface area contributed by atoms with Crippen molar-refractivity contribution < 1.29 is 8.78 Å². The van der Waals surface area contributed by atoms with Gasteiger partial charge >= 0.3 is 0 Å².